The average Bonchev–Trinajstić information content (AvgIpc) is 3.16. The number of allylic oxidation sites excluding steroid dienone is 4. The quantitative estimate of drug-likeness (QED) is 0.276. The maximum Gasteiger partial charge on any atom is 0.234 e. The van der Waals surface area contributed by atoms with Crippen LogP contribution >= 0.6 is 31.9 Å². The Morgan fingerprint density at radius 3 is 1.38 bits per heavy atom. The highest BCUT2D eigenvalue weighted by Crippen LogP contribution is 2.35. The SMILES string of the molecule is CN(C1=C(CCCCC2=C(N(C)S(C)(=O)=O)Oc3ccc(Br)cc3C=C2)C=Cc2cc(Br)ccc2O1)S(C)(=O)=O. The Hall–Kier alpha value is -2.54. The van der Waals surface area contributed by atoms with E-state index in [1.54, 1.807) is 12.1 Å². The fourth-order valence-electron chi connectivity index (χ4n) is 4.19. The molecule has 2 aliphatic heterocycles. The molecule has 2 heterocycles. The number of unbranched alkanes of at least 4 members (excludes halogenated alkanes) is 1. The molecular formula is C28H30Br2N2O6S2. The molecule has 0 aliphatic carbocycles. The summed E-state index contributed by atoms with van der Waals surface area (Å²) in [5.74, 6) is 1.64. The van der Waals surface area contributed by atoms with Crippen LogP contribution in [0, 0.1) is 0 Å². The van der Waals surface area contributed by atoms with Gasteiger partial charge in [0.15, 0.2) is 0 Å². The first-order chi connectivity index (χ1) is 18.7. The second-order valence-corrected chi connectivity index (χ2v) is 15.4. The van der Waals surface area contributed by atoms with Crippen LogP contribution in [0.3, 0.4) is 0 Å². The number of halogens is 2. The summed E-state index contributed by atoms with van der Waals surface area (Å²) < 4.78 is 66.0. The number of benzene rings is 2. The molecule has 214 valence electrons. The molecule has 12 heteroatoms. The highest BCUT2D eigenvalue weighted by molar-refractivity contribution is 9.10. The molecule has 0 fully saturated rings. The minimum absolute atomic E-state index is 0.259. The molecular weight excluding hydrogens is 684 g/mol. The average molecular weight is 714 g/mol. The van der Waals surface area contributed by atoms with Crippen molar-refractivity contribution in [3.8, 4) is 11.5 Å². The molecule has 0 saturated heterocycles. The Morgan fingerprint density at radius 1 is 0.650 bits per heavy atom. The van der Waals surface area contributed by atoms with Crippen LogP contribution in [0.1, 0.15) is 36.8 Å². The normalized spacial score (nSPS) is 15.1. The summed E-state index contributed by atoms with van der Waals surface area (Å²) in [6, 6.07) is 11.1. The van der Waals surface area contributed by atoms with E-state index in [1.165, 1.54) is 14.1 Å². The zero-order valence-corrected chi connectivity index (χ0v) is 27.3. The summed E-state index contributed by atoms with van der Waals surface area (Å²) >= 11 is 6.94. The first-order valence-electron chi connectivity index (χ1n) is 12.4. The van der Waals surface area contributed by atoms with Gasteiger partial charge >= 0.3 is 0 Å². The van der Waals surface area contributed by atoms with Gasteiger partial charge < -0.3 is 9.47 Å². The molecule has 2 aromatic rings. The van der Waals surface area contributed by atoms with E-state index in [9.17, 15) is 16.8 Å². The molecule has 0 N–H and O–H groups in total. The summed E-state index contributed by atoms with van der Waals surface area (Å²) in [5.41, 5.74) is 3.14. The van der Waals surface area contributed by atoms with Crippen LogP contribution in [-0.2, 0) is 20.0 Å². The van der Waals surface area contributed by atoms with Gasteiger partial charge in [0, 0.05) is 45.3 Å². The molecule has 0 unspecified atom stereocenters. The van der Waals surface area contributed by atoms with Gasteiger partial charge in [0.2, 0.25) is 31.8 Å². The van der Waals surface area contributed by atoms with Crippen molar-refractivity contribution < 1.29 is 26.3 Å². The van der Waals surface area contributed by atoms with Crippen LogP contribution in [0.5, 0.6) is 11.5 Å². The van der Waals surface area contributed by atoms with Gasteiger partial charge in [-0.05, 0) is 62.1 Å². The van der Waals surface area contributed by atoms with Gasteiger partial charge in [0.25, 0.3) is 0 Å². The molecule has 0 atom stereocenters. The van der Waals surface area contributed by atoms with E-state index in [0.29, 0.717) is 37.2 Å². The third-order valence-electron chi connectivity index (χ3n) is 6.54. The maximum absolute atomic E-state index is 12.4. The van der Waals surface area contributed by atoms with Crippen molar-refractivity contribution in [1.29, 1.82) is 0 Å². The van der Waals surface area contributed by atoms with E-state index in [4.69, 9.17) is 9.47 Å². The van der Waals surface area contributed by atoms with Crippen LogP contribution in [0.25, 0.3) is 12.2 Å². The lowest BCUT2D eigenvalue weighted by atomic mass is 10.0. The van der Waals surface area contributed by atoms with E-state index in [2.05, 4.69) is 31.9 Å². The smallest absolute Gasteiger partial charge is 0.234 e. The van der Waals surface area contributed by atoms with Crippen molar-refractivity contribution in [2.45, 2.75) is 25.7 Å². The summed E-state index contributed by atoms with van der Waals surface area (Å²) in [6.07, 6.45) is 12.4. The largest absolute Gasteiger partial charge is 0.439 e. The predicted octanol–water partition coefficient (Wildman–Crippen LogP) is 6.49. The Kier molecular flexibility index (Phi) is 9.23. The zero-order valence-electron chi connectivity index (χ0n) is 22.5. The molecule has 0 bridgehead atoms. The number of sulfonamides is 2. The highest BCUT2D eigenvalue weighted by Gasteiger charge is 2.25. The van der Waals surface area contributed by atoms with Gasteiger partial charge in [-0.1, -0.05) is 56.2 Å². The summed E-state index contributed by atoms with van der Waals surface area (Å²) in [7, 11) is -4.18. The molecule has 40 heavy (non-hydrogen) atoms. The van der Waals surface area contributed by atoms with Crippen LogP contribution in [0.15, 0.2) is 80.4 Å². The van der Waals surface area contributed by atoms with Crippen LogP contribution < -0.4 is 9.47 Å². The van der Waals surface area contributed by atoms with Crippen molar-refractivity contribution in [2.75, 3.05) is 26.6 Å². The third kappa shape index (κ3) is 7.20. The standard InChI is InChI=1S/C28H30Br2N2O6S2/c1-31(39(3,33)34)27-19(9-11-21-17-23(29)13-15-25(21)37-27)7-5-6-8-20-10-12-22-18-24(30)14-16-26(22)38-28(20)32(2)40(4,35)36/h9-18H,5-8H2,1-4H3. The lowest BCUT2D eigenvalue weighted by Crippen LogP contribution is -2.29. The monoisotopic (exact) mass is 712 g/mol. The van der Waals surface area contributed by atoms with Crippen LogP contribution in [0.4, 0.5) is 0 Å². The molecule has 0 aromatic heterocycles. The van der Waals surface area contributed by atoms with E-state index in [-0.39, 0.29) is 11.8 Å². The molecule has 2 aromatic carbocycles. The van der Waals surface area contributed by atoms with E-state index < -0.39 is 20.0 Å². The second kappa shape index (κ2) is 12.1. The molecule has 0 radical (unpaired) electrons. The lowest BCUT2D eigenvalue weighted by Gasteiger charge is -2.23. The zero-order chi connectivity index (χ0) is 29.2. The first-order valence-corrected chi connectivity index (χ1v) is 17.7. The van der Waals surface area contributed by atoms with Crippen molar-refractivity contribution in [3.63, 3.8) is 0 Å². The molecule has 0 saturated carbocycles. The predicted molar refractivity (Wildman–Crippen MR) is 165 cm³/mol. The topological polar surface area (TPSA) is 93.2 Å². The molecule has 0 spiro atoms. The van der Waals surface area contributed by atoms with E-state index in [0.717, 1.165) is 52.3 Å². The van der Waals surface area contributed by atoms with Crippen molar-refractivity contribution in [2.24, 2.45) is 0 Å². The van der Waals surface area contributed by atoms with Crippen LogP contribution in [-0.4, -0.2) is 52.1 Å². The minimum atomic E-state index is -3.57. The maximum atomic E-state index is 12.4. The third-order valence-corrected chi connectivity index (χ3v) is 9.85. The number of nitrogens with zero attached hydrogens (tertiary/aromatic N) is 2. The lowest BCUT2D eigenvalue weighted by molar-refractivity contribution is 0.314. The summed E-state index contributed by atoms with van der Waals surface area (Å²) in [5, 5.41) is 0. The van der Waals surface area contributed by atoms with Gasteiger partial charge in [-0.25, -0.2) is 25.4 Å². The first kappa shape index (κ1) is 30.4. The Bertz CT molecular complexity index is 1540. The van der Waals surface area contributed by atoms with Crippen molar-refractivity contribution >= 4 is 64.1 Å². The fourth-order valence-corrected chi connectivity index (χ4v) is 5.86. The molecule has 8 nitrogen and oxygen atoms in total. The Morgan fingerprint density at radius 2 is 1.02 bits per heavy atom. The summed E-state index contributed by atoms with van der Waals surface area (Å²) in [6.45, 7) is 0. The number of ether oxygens (including phenoxy) is 2. The van der Waals surface area contributed by atoms with Gasteiger partial charge in [-0.15, -0.1) is 0 Å². The number of rotatable bonds is 9. The summed E-state index contributed by atoms with van der Waals surface area (Å²) in [4.78, 5) is 0. The van der Waals surface area contributed by atoms with Crippen molar-refractivity contribution in [3.05, 3.63) is 91.5 Å². The number of fused-ring (bicyclic) bond motifs is 2. The Balaban J connectivity index is 1.58. The van der Waals surface area contributed by atoms with Gasteiger partial charge in [0.1, 0.15) is 11.5 Å². The minimum Gasteiger partial charge on any atom is -0.439 e. The number of hydrogen-bond donors (Lipinski definition) is 0. The van der Waals surface area contributed by atoms with Gasteiger partial charge in [-0.3, -0.25) is 0 Å². The van der Waals surface area contributed by atoms with Crippen LogP contribution in [0.2, 0.25) is 0 Å². The second-order valence-electron chi connectivity index (χ2n) is 9.56. The van der Waals surface area contributed by atoms with Crippen molar-refractivity contribution in [1.82, 2.24) is 8.61 Å². The highest BCUT2D eigenvalue weighted by atomic mass is 79.9. The van der Waals surface area contributed by atoms with E-state index in [1.807, 2.05) is 48.6 Å². The van der Waals surface area contributed by atoms with Gasteiger partial charge in [0.05, 0.1) is 12.5 Å². The molecule has 0 amide bonds. The molecule has 2 aliphatic rings. The van der Waals surface area contributed by atoms with Gasteiger partial charge in [-0.2, -0.15) is 0 Å². The Labute approximate surface area is 253 Å². The van der Waals surface area contributed by atoms with E-state index >= 15 is 0 Å². The number of hydrogen-bond acceptors (Lipinski definition) is 6. The fraction of sp³-hybridized carbons (Fsp3) is 0.286. The molecule has 4 rings (SSSR count).